The molecule has 2 heterocycles. The third-order valence-electron chi connectivity index (χ3n) is 3.42. The summed E-state index contributed by atoms with van der Waals surface area (Å²) in [6.07, 6.45) is 2.56. The normalized spacial score (nSPS) is 10.6. The van der Waals surface area contributed by atoms with Crippen molar-refractivity contribution in [3.63, 3.8) is 0 Å². The number of anilines is 1. The summed E-state index contributed by atoms with van der Waals surface area (Å²) in [7, 11) is 0. The number of rotatable bonds is 4. The SMILES string of the molecule is CCc1nc(-c2ccc(Cl)cc2)c(-c2ccnc(NC(C)=O)c2)s1. The fourth-order valence-electron chi connectivity index (χ4n) is 2.34. The minimum Gasteiger partial charge on any atom is -0.311 e. The van der Waals surface area contributed by atoms with Gasteiger partial charge in [0.25, 0.3) is 0 Å². The third-order valence-corrected chi connectivity index (χ3v) is 4.92. The minimum atomic E-state index is -0.142. The van der Waals surface area contributed by atoms with Gasteiger partial charge in [0.2, 0.25) is 5.91 Å². The topological polar surface area (TPSA) is 54.9 Å². The number of carbonyl (C=O) groups is 1. The molecule has 0 bridgehead atoms. The van der Waals surface area contributed by atoms with E-state index < -0.39 is 0 Å². The van der Waals surface area contributed by atoms with Gasteiger partial charge in [0.1, 0.15) is 5.82 Å². The predicted molar refractivity (Wildman–Crippen MR) is 99.5 cm³/mol. The molecule has 0 saturated heterocycles. The Labute approximate surface area is 149 Å². The Morgan fingerprint density at radius 1 is 1.21 bits per heavy atom. The lowest BCUT2D eigenvalue weighted by molar-refractivity contribution is -0.114. The van der Waals surface area contributed by atoms with E-state index in [1.54, 1.807) is 17.5 Å². The molecule has 122 valence electrons. The summed E-state index contributed by atoms with van der Waals surface area (Å²) in [5.41, 5.74) is 2.92. The molecule has 0 atom stereocenters. The fraction of sp³-hybridized carbons (Fsp3) is 0.167. The summed E-state index contributed by atoms with van der Waals surface area (Å²) in [5, 5.41) is 4.48. The van der Waals surface area contributed by atoms with E-state index in [0.29, 0.717) is 10.8 Å². The largest absolute Gasteiger partial charge is 0.311 e. The van der Waals surface area contributed by atoms with Crippen LogP contribution in [0.25, 0.3) is 21.7 Å². The second-order valence-corrected chi connectivity index (χ2v) is 6.78. The highest BCUT2D eigenvalue weighted by Crippen LogP contribution is 2.37. The van der Waals surface area contributed by atoms with E-state index in [0.717, 1.165) is 33.1 Å². The zero-order valence-electron chi connectivity index (χ0n) is 13.3. The Morgan fingerprint density at radius 2 is 1.96 bits per heavy atom. The van der Waals surface area contributed by atoms with E-state index in [9.17, 15) is 4.79 Å². The van der Waals surface area contributed by atoms with Crippen molar-refractivity contribution in [3.05, 3.63) is 52.6 Å². The number of carbonyl (C=O) groups excluding carboxylic acids is 1. The van der Waals surface area contributed by atoms with Gasteiger partial charge in [-0.25, -0.2) is 9.97 Å². The Kier molecular flexibility index (Phi) is 4.92. The first-order chi connectivity index (χ1) is 11.6. The van der Waals surface area contributed by atoms with Crippen molar-refractivity contribution >= 4 is 34.7 Å². The van der Waals surface area contributed by atoms with Gasteiger partial charge in [0.05, 0.1) is 15.6 Å². The van der Waals surface area contributed by atoms with Crippen LogP contribution in [0.1, 0.15) is 18.9 Å². The summed E-state index contributed by atoms with van der Waals surface area (Å²) in [5.74, 6) is 0.393. The number of nitrogens with one attached hydrogen (secondary N) is 1. The smallest absolute Gasteiger partial charge is 0.222 e. The van der Waals surface area contributed by atoms with Crippen LogP contribution in [0.3, 0.4) is 0 Å². The number of hydrogen-bond acceptors (Lipinski definition) is 4. The molecular weight excluding hydrogens is 342 g/mol. The highest BCUT2D eigenvalue weighted by atomic mass is 35.5. The van der Waals surface area contributed by atoms with Gasteiger partial charge in [-0.1, -0.05) is 30.7 Å². The van der Waals surface area contributed by atoms with Crippen LogP contribution >= 0.6 is 22.9 Å². The van der Waals surface area contributed by atoms with Crippen molar-refractivity contribution < 1.29 is 4.79 Å². The number of aryl methyl sites for hydroxylation is 1. The number of hydrogen-bond donors (Lipinski definition) is 1. The maximum atomic E-state index is 11.3. The number of halogens is 1. The van der Waals surface area contributed by atoms with Crippen molar-refractivity contribution in [1.29, 1.82) is 0 Å². The molecule has 24 heavy (non-hydrogen) atoms. The molecule has 1 N–H and O–H groups in total. The van der Waals surface area contributed by atoms with Crippen LogP contribution < -0.4 is 5.32 Å². The molecule has 1 amide bonds. The number of thiazole rings is 1. The zero-order chi connectivity index (χ0) is 17.1. The van der Waals surface area contributed by atoms with Crippen LogP contribution in [0.5, 0.6) is 0 Å². The van der Waals surface area contributed by atoms with Gasteiger partial charge in [-0.05, 0) is 36.2 Å². The maximum absolute atomic E-state index is 11.3. The average Bonchev–Trinajstić information content (AvgIpc) is 2.99. The molecule has 0 radical (unpaired) electrons. The number of nitrogens with zero attached hydrogens (tertiary/aromatic N) is 2. The molecule has 0 unspecified atom stereocenters. The fourth-order valence-corrected chi connectivity index (χ4v) is 3.48. The second-order valence-electron chi connectivity index (χ2n) is 5.26. The summed E-state index contributed by atoms with van der Waals surface area (Å²) < 4.78 is 0. The van der Waals surface area contributed by atoms with E-state index in [4.69, 9.17) is 16.6 Å². The molecule has 3 aromatic rings. The van der Waals surface area contributed by atoms with E-state index in [1.165, 1.54) is 6.92 Å². The van der Waals surface area contributed by atoms with E-state index in [1.807, 2.05) is 36.4 Å². The summed E-state index contributed by atoms with van der Waals surface area (Å²) >= 11 is 7.65. The lowest BCUT2D eigenvalue weighted by Crippen LogP contribution is -2.07. The van der Waals surface area contributed by atoms with Crippen molar-refractivity contribution in [1.82, 2.24) is 9.97 Å². The van der Waals surface area contributed by atoms with E-state index in [-0.39, 0.29) is 5.91 Å². The molecule has 0 spiro atoms. The first-order valence-electron chi connectivity index (χ1n) is 7.56. The molecule has 0 saturated carbocycles. The Bertz CT molecular complexity index is 874. The molecule has 1 aromatic carbocycles. The molecule has 0 aliphatic carbocycles. The second kappa shape index (κ2) is 7.11. The standard InChI is InChI=1S/C18H16ClN3OS/c1-3-16-22-17(12-4-6-14(19)7-5-12)18(24-16)13-8-9-20-15(10-13)21-11(2)23/h4-10H,3H2,1-2H3,(H,20,21,23). The highest BCUT2D eigenvalue weighted by Gasteiger charge is 2.15. The van der Waals surface area contributed by atoms with Crippen LogP contribution in [0, 0.1) is 0 Å². The van der Waals surface area contributed by atoms with Crippen molar-refractivity contribution in [2.24, 2.45) is 0 Å². The quantitative estimate of drug-likeness (QED) is 0.711. The minimum absolute atomic E-state index is 0.142. The monoisotopic (exact) mass is 357 g/mol. The Hall–Kier alpha value is -2.24. The molecule has 3 rings (SSSR count). The molecule has 0 aliphatic rings. The molecule has 6 heteroatoms. The molecule has 2 aromatic heterocycles. The summed E-state index contributed by atoms with van der Waals surface area (Å²) in [6, 6.07) is 11.5. The maximum Gasteiger partial charge on any atom is 0.222 e. The van der Waals surface area contributed by atoms with Gasteiger partial charge in [0, 0.05) is 23.7 Å². The van der Waals surface area contributed by atoms with Crippen LogP contribution in [-0.4, -0.2) is 15.9 Å². The van der Waals surface area contributed by atoms with Gasteiger partial charge in [-0.3, -0.25) is 4.79 Å². The van der Waals surface area contributed by atoms with Gasteiger partial charge >= 0.3 is 0 Å². The van der Waals surface area contributed by atoms with Crippen LogP contribution in [0.15, 0.2) is 42.6 Å². The Morgan fingerprint density at radius 3 is 2.62 bits per heavy atom. The van der Waals surface area contributed by atoms with E-state index >= 15 is 0 Å². The molecule has 0 aliphatic heterocycles. The average molecular weight is 358 g/mol. The summed E-state index contributed by atoms with van der Waals surface area (Å²) in [6.45, 7) is 3.55. The van der Waals surface area contributed by atoms with Gasteiger partial charge in [-0.2, -0.15) is 0 Å². The van der Waals surface area contributed by atoms with E-state index in [2.05, 4.69) is 17.2 Å². The number of benzene rings is 1. The van der Waals surface area contributed by atoms with Crippen LogP contribution in [0.2, 0.25) is 5.02 Å². The number of amides is 1. The van der Waals surface area contributed by atoms with Crippen molar-refractivity contribution in [2.45, 2.75) is 20.3 Å². The Balaban J connectivity index is 2.09. The third kappa shape index (κ3) is 3.63. The van der Waals surface area contributed by atoms with Crippen LogP contribution in [-0.2, 0) is 11.2 Å². The lowest BCUT2D eigenvalue weighted by atomic mass is 10.1. The van der Waals surface area contributed by atoms with Crippen molar-refractivity contribution in [2.75, 3.05) is 5.32 Å². The molecular formula is C18H16ClN3OS. The summed E-state index contributed by atoms with van der Waals surface area (Å²) in [4.78, 5) is 21.3. The van der Waals surface area contributed by atoms with Crippen molar-refractivity contribution in [3.8, 4) is 21.7 Å². The van der Waals surface area contributed by atoms with Gasteiger partial charge < -0.3 is 5.32 Å². The number of aromatic nitrogens is 2. The first kappa shape index (κ1) is 16.6. The first-order valence-corrected chi connectivity index (χ1v) is 8.76. The lowest BCUT2D eigenvalue weighted by Gasteiger charge is -2.06. The van der Waals surface area contributed by atoms with Gasteiger partial charge in [0.15, 0.2) is 0 Å². The molecule has 4 nitrogen and oxygen atoms in total. The van der Waals surface area contributed by atoms with Crippen LogP contribution in [0.4, 0.5) is 5.82 Å². The predicted octanol–water partition coefficient (Wildman–Crippen LogP) is 5.05. The number of pyridine rings is 1. The van der Waals surface area contributed by atoms with Gasteiger partial charge in [-0.15, -0.1) is 11.3 Å². The zero-order valence-corrected chi connectivity index (χ0v) is 14.9. The molecule has 0 fully saturated rings. The highest BCUT2D eigenvalue weighted by molar-refractivity contribution is 7.15.